The number of ether oxygens (including phenoxy) is 1. The van der Waals surface area contributed by atoms with Gasteiger partial charge in [0.05, 0.1) is 12.7 Å². The molecule has 3 nitrogen and oxygen atoms in total. The van der Waals surface area contributed by atoms with Gasteiger partial charge < -0.3 is 10.1 Å². The fraction of sp³-hybridized carbons (Fsp3) is 1.00. The van der Waals surface area contributed by atoms with E-state index in [1.807, 2.05) is 0 Å². The van der Waals surface area contributed by atoms with Gasteiger partial charge in [-0.05, 0) is 32.6 Å². The van der Waals surface area contributed by atoms with Crippen LogP contribution in [0.15, 0.2) is 0 Å². The molecule has 1 saturated carbocycles. The Kier molecular flexibility index (Phi) is 5.93. The highest BCUT2D eigenvalue weighted by Gasteiger charge is 2.30. The molecule has 0 radical (unpaired) electrons. The number of hydrogen-bond acceptors (Lipinski definition) is 3. The second-order valence-corrected chi connectivity index (χ2v) is 6.13. The van der Waals surface area contributed by atoms with Crippen LogP contribution in [-0.2, 0) is 4.74 Å². The van der Waals surface area contributed by atoms with E-state index in [1.54, 1.807) is 0 Å². The maximum atomic E-state index is 5.72. The lowest BCUT2D eigenvalue weighted by Gasteiger charge is -2.42. The summed E-state index contributed by atoms with van der Waals surface area (Å²) in [4.78, 5) is 2.68. The molecule has 1 unspecified atom stereocenters. The fourth-order valence-electron chi connectivity index (χ4n) is 3.43. The Labute approximate surface area is 112 Å². The van der Waals surface area contributed by atoms with Gasteiger partial charge in [0.15, 0.2) is 0 Å². The van der Waals surface area contributed by atoms with Gasteiger partial charge in [0.1, 0.15) is 0 Å². The summed E-state index contributed by atoms with van der Waals surface area (Å²) in [5, 5.41) is 3.58. The van der Waals surface area contributed by atoms with E-state index in [1.165, 1.54) is 45.2 Å². The lowest BCUT2D eigenvalue weighted by atomic mass is 9.82. The van der Waals surface area contributed by atoms with Crippen molar-refractivity contribution in [1.82, 2.24) is 10.2 Å². The first kappa shape index (κ1) is 14.3. The molecule has 1 saturated heterocycles. The van der Waals surface area contributed by atoms with Crippen LogP contribution in [0.25, 0.3) is 0 Å². The van der Waals surface area contributed by atoms with Crippen LogP contribution in [0.5, 0.6) is 0 Å². The minimum Gasteiger partial charge on any atom is -0.377 e. The predicted molar refractivity (Wildman–Crippen MR) is 75.9 cm³/mol. The summed E-state index contributed by atoms with van der Waals surface area (Å²) in [6.45, 7) is 9.77. The van der Waals surface area contributed by atoms with Crippen LogP contribution >= 0.6 is 0 Å². The van der Waals surface area contributed by atoms with E-state index < -0.39 is 0 Å². The molecule has 0 aromatic rings. The zero-order chi connectivity index (χ0) is 12.8. The molecule has 1 N–H and O–H groups in total. The van der Waals surface area contributed by atoms with E-state index in [0.29, 0.717) is 6.10 Å². The molecule has 0 aromatic carbocycles. The summed E-state index contributed by atoms with van der Waals surface area (Å²) >= 11 is 0. The van der Waals surface area contributed by atoms with E-state index in [9.17, 15) is 0 Å². The molecule has 0 amide bonds. The molecule has 2 aliphatic rings. The summed E-state index contributed by atoms with van der Waals surface area (Å²) < 4.78 is 5.72. The van der Waals surface area contributed by atoms with Crippen LogP contribution in [0, 0.1) is 5.92 Å². The van der Waals surface area contributed by atoms with E-state index >= 15 is 0 Å². The van der Waals surface area contributed by atoms with Gasteiger partial charge in [-0.15, -0.1) is 0 Å². The van der Waals surface area contributed by atoms with Gasteiger partial charge in [-0.3, -0.25) is 4.90 Å². The molecule has 2 fully saturated rings. The van der Waals surface area contributed by atoms with Crippen LogP contribution in [0.1, 0.15) is 46.0 Å². The number of rotatable bonds is 5. The standard InChI is InChI=1S/C15H30N2O/c1-13(2)18-11-10-17-9-8-16-12-15(17)14-6-4-3-5-7-14/h13-16H,3-12H2,1-2H3. The molecule has 1 aliphatic carbocycles. The second-order valence-electron chi connectivity index (χ2n) is 6.13. The first-order valence-corrected chi connectivity index (χ1v) is 7.83. The quantitative estimate of drug-likeness (QED) is 0.814. The molecule has 2 rings (SSSR count). The minimum atomic E-state index is 0.362. The van der Waals surface area contributed by atoms with Crippen LogP contribution in [0.3, 0.4) is 0 Å². The number of nitrogens with zero attached hydrogens (tertiary/aromatic N) is 1. The second kappa shape index (κ2) is 7.46. The van der Waals surface area contributed by atoms with Gasteiger partial charge in [0, 0.05) is 32.2 Å². The van der Waals surface area contributed by atoms with Crippen LogP contribution in [-0.4, -0.2) is 49.8 Å². The van der Waals surface area contributed by atoms with Crippen LogP contribution in [0.2, 0.25) is 0 Å². The molecule has 106 valence electrons. The highest BCUT2D eigenvalue weighted by Crippen LogP contribution is 2.29. The lowest BCUT2D eigenvalue weighted by Crippen LogP contribution is -2.55. The molecule has 1 atom stereocenters. The fourth-order valence-corrected chi connectivity index (χ4v) is 3.43. The zero-order valence-corrected chi connectivity index (χ0v) is 12.2. The molecular weight excluding hydrogens is 224 g/mol. The maximum Gasteiger partial charge on any atom is 0.0597 e. The van der Waals surface area contributed by atoms with Crippen LogP contribution < -0.4 is 5.32 Å². The smallest absolute Gasteiger partial charge is 0.0597 e. The van der Waals surface area contributed by atoms with Crippen molar-refractivity contribution in [2.24, 2.45) is 5.92 Å². The van der Waals surface area contributed by atoms with Crippen molar-refractivity contribution in [1.29, 1.82) is 0 Å². The number of hydrogen-bond donors (Lipinski definition) is 1. The van der Waals surface area contributed by atoms with Crippen molar-refractivity contribution in [3.8, 4) is 0 Å². The number of piperazine rings is 1. The third kappa shape index (κ3) is 4.22. The SMILES string of the molecule is CC(C)OCCN1CCNCC1C1CCCCC1. The molecule has 3 heteroatoms. The van der Waals surface area contributed by atoms with E-state index in [2.05, 4.69) is 24.1 Å². The van der Waals surface area contributed by atoms with Gasteiger partial charge in [0.25, 0.3) is 0 Å². The van der Waals surface area contributed by atoms with Crippen molar-refractivity contribution >= 4 is 0 Å². The van der Waals surface area contributed by atoms with Gasteiger partial charge >= 0.3 is 0 Å². The van der Waals surface area contributed by atoms with Crippen molar-refractivity contribution < 1.29 is 4.74 Å². The minimum absolute atomic E-state index is 0.362. The van der Waals surface area contributed by atoms with E-state index in [0.717, 1.165) is 31.7 Å². The molecule has 0 bridgehead atoms. The Hall–Kier alpha value is -0.120. The summed E-state index contributed by atoms with van der Waals surface area (Å²) in [6.07, 6.45) is 7.57. The third-order valence-electron chi connectivity index (χ3n) is 4.42. The van der Waals surface area contributed by atoms with Gasteiger partial charge in [0.2, 0.25) is 0 Å². The molecule has 18 heavy (non-hydrogen) atoms. The van der Waals surface area contributed by atoms with Gasteiger partial charge in [-0.2, -0.15) is 0 Å². The molecule has 1 heterocycles. The first-order valence-electron chi connectivity index (χ1n) is 7.83. The average Bonchev–Trinajstić information content (AvgIpc) is 2.40. The molecule has 0 aromatic heterocycles. The Bertz CT molecular complexity index is 227. The summed E-state index contributed by atoms with van der Waals surface area (Å²) in [6, 6.07) is 0.759. The monoisotopic (exact) mass is 254 g/mol. The maximum absolute atomic E-state index is 5.72. The summed E-state index contributed by atoms with van der Waals surface area (Å²) in [7, 11) is 0. The average molecular weight is 254 g/mol. The summed E-state index contributed by atoms with van der Waals surface area (Å²) in [5.41, 5.74) is 0. The predicted octanol–water partition coefficient (Wildman–Crippen LogP) is 2.27. The molecular formula is C15H30N2O. The van der Waals surface area contributed by atoms with E-state index in [-0.39, 0.29) is 0 Å². The Morgan fingerprint density at radius 2 is 2.00 bits per heavy atom. The van der Waals surface area contributed by atoms with Gasteiger partial charge in [-0.25, -0.2) is 0 Å². The Balaban J connectivity index is 1.80. The van der Waals surface area contributed by atoms with Crippen molar-refractivity contribution in [3.63, 3.8) is 0 Å². The Morgan fingerprint density at radius 1 is 1.22 bits per heavy atom. The number of nitrogens with one attached hydrogen (secondary N) is 1. The van der Waals surface area contributed by atoms with Crippen molar-refractivity contribution in [2.45, 2.75) is 58.1 Å². The molecule has 0 spiro atoms. The highest BCUT2D eigenvalue weighted by molar-refractivity contribution is 4.86. The van der Waals surface area contributed by atoms with E-state index in [4.69, 9.17) is 4.74 Å². The zero-order valence-electron chi connectivity index (χ0n) is 12.2. The van der Waals surface area contributed by atoms with Gasteiger partial charge in [-0.1, -0.05) is 19.3 Å². The summed E-state index contributed by atoms with van der Waals surface area (Å²) in [5.74, 6) is 0.922. The van der Waals surface area contributed by atoms with Crippen molar-refractivity contribution in [3.05, 3.63) is 0 Å². The first-order chi connectivity index (χ1) is 8.77. The normalized spacial score (nSPS) is 27.8. The van der Waals surface area contributed by atoms with Crippen molar-refractivity contribution in [2.75, 3.05) is 32.8 Å². The largest absolute Gasteiger partial charge is 0.377 e. The lowest BCUT2D eigenvalue weighted by molar-refractivity contribution is 0.0268. The molecule has 1 aliphatic heterocycles. The topological polar surface area (TPSA) is 24.5 Å². The third-order valence-corrected chi connectivity index (χ3v) is 4.42. The van der Waals surface area contributed by atoms with Crippen LogP contribution in [0.4, 0.5) is 0 Å². The highest BCUT2D eigenvalue weighted by atomic mass is 16.5. The Morgan fingerprint density at radius 3 is 2.72 bits per heavy atom.